The second-order valence-corrected chi connectivity index (χ2v) is 9.54. The van der Waals surface area contributed by atoms with Gasteiger partial charge in [0.05, 0.1) is 24.7 Å². The number of amides is 1. The van der Waals surface area contributed by atoms with Gasteiger partial charge in [-0.3, -0.25) is 4.79 Å². The first-order valence-electron chi connectivity index (χ1n) is 9.48. The highest BCUT2D eigenvalue weighted by molar-refractivity contribution is 7.89. The van der Waals surface area contributed by atoms with Crippen LogP contribution in [0.4, 0.5) is 11.4 Å². The molecule has 0 radical (unpaired) electrons. The zero-order chi connectivity index (χ0) is 21.7. The maximum absolute atomic E-state index is 12.9. The minimum atomic E-state index is -3.92. The second-order valence-electron chi connectivity index (χ2n) is 6.73. The lowest BCUT2D eigenvalue weighted by molar-refractivity contribution is -0.116. The molecule has 0 spiro atoms. The van der Waals surface area contributed by atoms with Crippen molar-refractivity contribution in [2.75, 3.05) is 49.6 Å². The normalized spacial score (nSPS) is 14.7. The SMILES string of the molecule is CCN(CC(=O)Nc1ccc(N2CCOCC2)cc1)S(=O)(=O)c1cc(Cl)cc(Cl)c1. The summed E-state index contributed by atoms with van der Waals surface area (Å²) in [4.78, 5) is 14.6. The van der Waals surface area contributed by atoms with Gasteiger partial charge in [0.1, 0.15) is 0 Å². The topological polar surface area (TPSA) is 79.0 Å². The highest BCUT2D eigenvalue weighted by Crippen LogP contribution is 2.25. The Labute approximate surface area is 186 Å². The summed E-state index contributed by atoms with van der Waals surface area (Å²) in [5.74, 6) is -0.437. The molecule has 162 valence electrons. The highest BCUT2D eigenvalue weighted by Gasteiger charge is 2.26. The van der Waals surface area contributed by atoms with E-state index < -0.39 is 15.9 Å². The van der Waals surface area contributed by atoms with E-state index >= 15 is 0 Å². The van der Waals surface area contributed by atoms with Gasteiger partial charge in [0.25, 0.3) is 0 Å². The molecule has 3 rings (SSSR count). The molecule has 7 nitrogen and oxygen atoms in total. The molecule has 10 heteroatoms. The summed E-state index contributed by atoms with van der Waals surface area (Å²) in [5, 5.41) is 3.16. The molecule has 0 atom stereocenters. The molecule has 1 aliphatic rings. The number of likely N-dealkylation sites (N-methyl/N-ethyl adjacent to an activating group) is 1. The van der Waals surface area contributed by atoms with E-state index in [1.165, 1.54) is 18.2 Å². The van der Waals surface area contributed by atoms with Crippen LogP contribution in [0.25, 0.3) is 0 Å². The number of hydrogen-bond acceptors (Lipinski definition) is 5. The Kier molecular flexibility index (Phi) is 7.60. The Morgan fingerprint density at radius 2 is 1.70 bits per heavy atom. The number of benzene rings is 2. The third-order valence-corrected chi connectivity index (χ3v) is 7.01. The van der Waals surface area contributed by atoms with Crippen molar-refractivity contribution in [3.8, 4) is 0 Å². The molecule has 2 aromatic rings. The monoisotopic (exact) mass is 471 g/mol. The van der Waals surface area contributed by atoms with E-state index in [0.29, 0.717) is 18.9 Å². The van der Waals surface area contributed by atoms with Crippen LogP contribution < -0.4 is 10.2 Å². The van der Waals surface area contributed by atoms with Gasteiger partial charge in [-0.15, -0.1) is 0 Å². The lowest BCUT2D eigenvalue weighted by Crippen LogP contribution is -2.38. The van der Waals surface area contributed by atoms with Gasteiger partial charge in [-0.1, -0.05) is 30.1 Å². The zero-order valence-corrected chi connectivity index (χ0v) is 18.8. The summed E-state index contributed by atoms with van der Waals surface area (Å²) >= 11 is 11.9. The second kappa shape index (κ2) is 9.98. The van der Waals surface area contributed by atoms with Crippen LogP contribution in [-0.2, 0) is 19.6 Å². The summed E-state index contributed by atoms with van der Waals surface area (Å²) in [6.45, 7) is 4.48. The zero-order valence-electron chi connectivity index (χ0n) is 16.5. The number of morpholine rings is 1. The predicted octanol–water partition coefficient (Wildman–Crippen LogP) is 3.48. The molecule has 0 saturated carbocycles. The van der Waals surface area contributed by atoms with Gasteiger partial charge in [0.15, 0.2) is 0 Å². The van der Waals surface area contributed by atoms with Crippen LogP contribution in [0.2, 0.25) is 10.0 Å². The Balaban J connectivity index is 1.66. The lowest BCUT2D eigenvalue weighted by atomic mass is 10.2. The molecule has 0 bridgehead atoms. The molecule has 30 heavy (non-hydrogen) atoms. The molecule has 1 aliphatic heterocycles. The van der Waals surface area contributed by atoms with Crippen LogP contribution in [0.3, 0.4) is 0 Å². The van der Waals surface area contributed by atoms with E-state index in [2.05, 4.69) is 10.2 Å². The van der Waals surface area contributed by atoms with Crippen molar-refractivity contribution in [2.45, 2.75) is 11.8 Å². The number of carbonyl (C=O) groups is 1. The number of rotatable bonds is 7. The van der Waals surface area contributed by atoms with Gasteiger partial charge >= 0.3 is 0 Å². The van der Waals surface area contributed by atoms with E-state index in [1.54, 1.807) is 19.1 Å². The van der Waals surface area contributed by atoms with Crippen LogP contribution in [0.5, 0.6) is 0 Å². The summed E-state index contributed by atoms with van der Waals surface area (Å²) < 4.78 is 32.2. The molecule has 1 N–H and O–H groups in total. The smallest absolute Gasteiger partial charge is 0.243 e. The van der Waals surface area contributed by atoms with E-state index in [1.807, 2.05) is 12.1 Å². The van der Waals surface area contributed by atoms with Crippen molar-refractivity contribution in [3.63, 3.8) is 0 Å². The molecule has 2 aromatic carbocycles. The molecule has 0 aromatic heterocycles. The molecule has 1 saturated heterocycles. The maximum Gasteiger partial charge on any atom is 0.243 e. The number of ether oxygens (including phenoxy) is 1. The van der Waals surface area contributed by atoms with Crippen molar-refractivity contribution in [3.05, 3.63) is 52.5 Å². The van der Waals surface area contributed by atoms with Gasteiger partial charge in [-0.05, 0) is 42.5 Å². The van der Waals surface area contributed by atoms with Crippen molar-refractivity contribution in [2.24, 2.45) is 0 Å². The van der Waals surface area contributed by atoms with E-state index in [4.69, 9.17) is 27.9 Å². The van der Waals surface area contributed by atoms with E-state index in [0.717, 1.165) is 23.1 Å². The molecule has 0 unspecified atom stereocenters. The number of nitrogens with zero attached hydrogens (tertiary/aromatic N) is 2. The molecular formula is C20H23Cl2N3O4S. The summed E-state index contributed by atoms with van der Waals surface area (Å²) in [6, 6.07) is 11.5. The average Bonchev–Trinajstić information content (AvgIpc) is 2.72. The number of sulfonamides is 1. The Morgan fingerprint density at radius 3 is 2.27 bits per heavy atom. The number of carbonyl (C=O) groups excluding carboxylic acids is 1. The Hall–Kier alpha value is -1.84. The van der Waals surface area contributed by atoms with Crippen LogP contribution >= 0.6 is 23.2 Å². The standard InChI is InChI=1S/C20H23Cl2N3O4S/c1-2-25(30(27,28)19-12-15(21)11-16(22)13-19)14-20(26)23-17-3-5-18(6-4-17)24-7-9-29-10-8-24/h3-6,11-13H,2,7-10,14H2,1H3,(H,23,26). The van der Waals surface area contributed by atoms with Gasteiger partial charge in [-0.25, -0.2) is 8.42 Å². The maximum atomic E-state index is 12.9. The fraction of sp³-hybridized carbons (Fsp3) is 0.350. The first-order chi connectivity index (χ1) is 14.3. The van der Waals surface area contributed by atoms with Crippen LogP contribution in [0.1, 0.15) is 6.92 Å². The highest BCUT2D eigenvalue weighted by atomic mass is 35.5. The fourth-order valence-electron chi connectivity index (χ4n) is 3.13. The Bertz CT molecular complexity index is 973. The van der Waals surface area contributed by atoms with E-state index in [9.17, 15) is 13.2 Å². The van der Waals surface area contributed by atoms with Crippen LogP contribution in [0, 0.1) is 0 Å². The number of hydrogen-bond donors (Lipinski definition) is 1. The molecule has 0 aliphatic carbocycles. The van der Waals surface area contributed by atoms with Gasteiger partial charge in [0.2, 0.25) is 15.9 Å². The number of halogens is 2. The third kappa shape index (κ3) is 5.65. The van der Waals surface area contributed by atoms with Gasteiger partial charge in [-0.2, -0.15) is 4.31 Å². The summed E-state index contributed by atoms with van der Waals surface area (Å²) in [5.41, 5.74) is 1.64. The Morgan fingerprint density at radius 1 is 1.10 bits per heavy atom. The van der Waals surface area contributed by atoms with Crippen molar-refractivity contribution in [1.82, 2.24) is 4.31 Å². The van der Waals surface area contributed by atoms with Crippen molar-refractivity contribution in [1.29, 1.82) is 0 Å². The van der Waals surface area contributed by atoms with Gasteiger partial charge < -0.3 is 15.0 Å². The fourth-order valence-corrected chi connectivity index (χ4v) is 5.26. The first-order valence-corrected chi connectivity index (χ1v) is 11.7. The minimum absolute atomic E-state index is 0.0514. The lowest BCUT2D eigenvalue weighted by Gasteiger charge is -2.29. The molecular weight excluding hydrogens is 449 g/mol. The quantitative estimate of drug-likeness (QED) is 0.668. The molecule has 1 amide bonds. The summed E-state index contributed by atoms with van der Waals surface area (Å²) in [6.07, 6.45) is 0. The van der Waals surface area contributed by atoms with E-state index in [-0.39, 0.29) is 28.0 Å². The van der Waals surface area contributed by atoms with Crippen LogP contribution in [-0.4, -0.2) is 58.0 Å². The number of nitrogens with one attached hydrogen (secondary N) is 1. The van der Waals surface area contributed by atoms with Crippen molar-refractivity contribution >= 4 is 50.5 Å². The largest absolute Gasteiger partial charge is 0.378 e. The minimum Gasteiger partial charge on any atom is -0.378 e. The predicted molar refractivity (Wildman–Crippen MR) is 119 cm³/mol. The van der Waals surface area contributed by atoms with Crippen molar-refractivity contribution < 1.29 is 17.9 Å². The molecule has 1 heterocycles. The van der Waals surface area contributed by atoms with Crippen LogP contribution in [0.15, 0.2) is 47.4 Å². The van der Waals surface area contributed by atoms with Gasteiger partial charge in [0, 0.05) is 41.1 Å². The third-order valence-electron chi connectivity index (χ3n) is 4.67. The average molecular weight is 472 g/mol. The summed E-state index contributed by atoms with van der Waals surface area (Å²) in [7, 11) is -3.92. The first kappa shape index (κ1) is 22.8. The molecule has 1 fully saturated rings. The number of anilines is 2.